The maximum atomic E-state index is 5.53. The summed E-state index contributed by atoms with van der Waals surface area (Å²) >= 11 is 5.79. The molecule has 0 unspecified atom stereocenters. The third-order valence-electron chi connectivity index (χ3n) is 2.95. The van der Waals surface area contributed by atoms with E-state index in [0.29, 0.717) is 12.0 Å². The molecule has 1 fully saturated rings. The van der Waals surface area contributed by atoms with Gasteiger partial charge in [0.15, 0.2) is 0 Å². The van der Waals surface area contributed by atoms with Gasteiger partial charge in [0.2, 0.25) is 5.96 Å². The lowest BCUT2D eigenvalue weighted by Gasteiger charge is -2.13. The lowest BCUT2D eigenvalue weighted by Crippen LogP contribution is -2.37. The summed E-state index contributed by atoms with van der Waals surface area (Å²) in [7, 11) is 0. The van der Waals surface area contributed by atoms with Crippen LogP contribution in [0.3, 0.4) is 0 Å². The third kappa shape index (κ3) is 3.83. The summed E-state index contributed by atoms with van der Waals surface area (Å²) in [4.78, 5) is 4.61. The summed E-state index contributed by atoms with van der Waals surface area (Å²) in [5, 5.41) is 3.23. The molecule has 0 aliphatic heterocycles. The first kappa shape index (κ1) is 14.1. The SMILES string of the molecule is NNC(=NC1CCCC1)Nc1cc(I)ccc1Br. The molecule has 1 aliphatic rings. The molecule has 4 nitrogen and oxygen atoms in total. The van der Waals surface area contributed by atoms with E-state index in [-0.39, 0.29) is 0 Å². The van der Waals surface area contributed by atoms with Crippen LogP contribution in [0.25, 0.3) is 0 Å². The molecule has 0 aromatic heterocycles. The van der Waals surface area contributed by atoms with Crippen LogP contribution in [-0.4, -0.2) is 12.0 Å². The lowest BCUT2D eigenvalue weighted by atomic mass is 10.3. The predicted molar refractivity (Wildman–Crippen MR) is 87.5 cm³/mol. The molecule has 0 radical (unpaired) electrons. The van der Waals surface area contributed by atoms with Crippen LogP contribution in [0, 0.1) is 3.57 Å². The maximum absolute atomic E-state index is 5.53. The van der Waals surface area contributed by atoms with Crippen LogP contribution in [0.5, 0.6) is 0 Å². The molecule has 0 atom stereocenters. The second kappa shape index (κ2) is 6.72. The Balaban J connectivity index is 2.11. The van der Waals surface area contributed by atoms with Crippen LogP contribution in [0.4, 0.5) is 5.69 Å². The Kier molecular flexibility index (Phi) is 5.25. The molecule has 1 aromatic carbocycles. The van der Waals surface area contributed by atoms with Gasteiger partial charge in [-0.2, -0.15) is 0 Å². The highest BCUT2D eigenvalue weighted by molar-refractivity contribution is 14.1. The second-order valence-corrected chi connectivity index (χ2v) is 6.41. The van der Waals surface area contributed by atoms with E-state index in [1.165, 1.54) is 12.8 Å². The van der Waals surface area contributed by atoms with E-state index < -0.39 is 0 Å². The van der Waals surface area contributed by atoms with Crippen molar-refractivity contribution in [1.82, 2.24) is 5.43 Å². The van der Waals surface area contributed by atoms with Gasteiger partial charge in [0, 0.05) is 8.04 Å². The number of nitrogens with zero attached hydrogens (tertiary/aromatic N) is 1. The van der Waals surface area contributed by atoms with E-state index in [1.807, 2.05) is 18.2 Å². The molecule has 2 rings (SSSR count). The van der Waals surface area contributed by atoms with Gasteiger partial charge in [0.05, 0.1) is 11.7 Å². The van der Waals surface area contributed by atoms with E-state index in [4.69, 9.17) is 5.84 Å². The summed E-state index contributed by atoms with van der Waals surface area (Å²) in [6, 6.07) is 6.49. The van der Waals surface area contributed by atoms with Crippen molar-refractivity contribution in [1.29, 1.82) is 0 Å². The molecular formula is C12H16BrIN4. The molecule has 1 saturated carbocycles. The minimum Gasteiger partial charge on any atom is -0.324 e. The fraction of sp³-hybridized carbons (Fsp3) is 0.417. The Bertz CT molecular complexity index is 444. The lowest BCUT2D eigenvalue weighted by molar-refractivity contribution is 0.700. The number of rotatable bonds is 2. The largest absolute Gasteiger partial charge is 0.324 e. The second-order valence-electron chi connectivity index (χ2n) is 4.31. The molecular weight excluding hydrogens is 407 g/mol. The van der Waals surface area contributed by atoms with Gasteiger partial charge in [-0.05, 0) is 69.6 Å². The van der Waals surface area contributed by atoms with Crippen molar-refractivity contribution in [3.63, 3.8) is 0 Å². The molecule has 0 bridgehead atoms. The van der Waals surface area contributed by atoms with E-state index >= 15 is 0 Å². The van der Waals surface area contributed by atoms with E-state index in [1.54, 1.807) is 0 Å². The smallest absolute Gasteiger partial charge is 0.210 e. The van der Waals surface area contributed by atoms with Crippen molar-refractivity contribution in [3.05, 3.63) is 26.2 Å². The van der Waals surface area contributed by atoms with Crippen molar-refractivity contribution >= 4 is 50.2 Å². The zero-order valence-corrected chi connectivity index (χ0v) is 13.7. The van der Waals surface area contributed by atoms with Gasteiger partial charge < -0.3 is 5.32 Å². The maximum Gasteiger partial charge on any atom is 0.210 e. The Morgan fingerprint density at radius 3 is 2.78 bits per heavy atom. The molecule has 1 aromatic rings. The van der Waals surface area contributed by atoms with Crippen LogP contribution < -0.4 is 16.6 Å². The standard InChI is InChI=1S/C12H16BrIN4/c13-10-6-5-8(14)7-11(10)17-12(18-15)16-9-3-1-2-4-9/h5-7,9H,1-4,15H2,(H2,16,17,18). The average Bonchev–Trinajstić information content (AvgIpc) is 2.85. The zero-order valence-electron chi connectivity index (χ0n) is 9.92. The minimum absolute atomic E-state index is 0.394. The van der Waals surface area contributed by atoms with Gasteiger partial charge >= 0.3 is 0 Å². The molecule has 0 heterocycles. The van der Waals surface area contributed by atoms with Gasteiger partial charge in [-0.1, -0.05) is 12.8 Å². The van der Waals surface area contributed by atoms with E-state index in [2.05, 4.69) is 54.3 Å². The molecule has 0 saturated heterocycles. The number of aliphatic imine (C=N–C) groups is 1. The fourth-order valence-corrected chi connectivity index (χ4v) is 2.88. The number of benzene rings is 1. The number of anilines is 1. The van der Waals surface area contributed by atoms with E-state index in [0.717, 1.165) is 26.6 Å². The zero-order chi connectivity index (χ0) is 13.0. The molecule has 6 heteroatoms. The number of hydrazine groups is 1. The van der Waals surface area contributed by atoms with Crippen molar-refractivity contribution in [2.45, 2.75) is 31.7 Å². The Labute approximate surface area is 129 Å². The van der Waals surface area contributed by atoms with Crippen molar-refractivity contribution in [3.8, 4) is 0 Å². The molecule has 98 valence electrons. The van der Waals surface area contributed by atoms with Gasteiger partial charge in [-0.3, -0.25) is 5.43 Å². The highest BCUT2D eigenvalue weighted by atomic mass is 127. The summed E-state index contributed by atoms with van der Waals surface area (Å²) in [5.41, 5.74) is 3.61. The number of halogens is 2. The summed E-state index contributed by atoms with van der Waals surface area (Å²) < 4.78 is 2.16. The van der Waals surface area contributed by atoms with Crippen LogP contribution >= 0.6 is 38.5 Å². The summed E-state index contributed by atoms with van der Waals surface area (Å²) in [5.74, 6) is 6.16. The third-order valence-corrected chi connectivity index (χ3v) is 4.32. The predicted octanol–water partition coefficient (Wildman–Crippen LogP) is 3.23. The average molecular weight is 423 g/mol. The van der Waals surface area contributed by atoms with E-state index in [9.17, 15) is 0 Å². The Morgan fingerprint density at radius 1 is 1.39 bits per heavy atom. The first-order valence-electron chi connectivity index (χ1n) is 5.95. The monoisotopic (exact) mass is 422 g/mol. The van der Waals surface area contributed by atoms with Gasteiger partial charge in [0.25, 0.3) is 0 Å². The minimum atomic E-state index is 0.394. The number of hydrogen-bond donors (Lipinski definition) is 3. The van der Waals surface area contributed by atoms with Crippen LogP contribution in [-0.2, 0) is 0 Å². The molecule has 4 N–H and O–H groups in total. The first-order chi connectivity index (χ1) is 8.69. The van der Waals surface area contributed by atoms with Gasteiger partial charge in [0.1, 0.15) is 0 Å². The topological polar surface area (TPSA) is 62.4 Å². The van der Waals surface area contributed by atoms with Crippen LogP contribution in [0.1, 0.15) is 25.7 Å². The number of hydrogen-bond acceptors (Lipinski definition) is 2. The first-order valence-corrected chi connectivity index (χ1v) is 7.82. The number of nitrogens with two attached hydrogens (primary N) is 1. The van der Waals surface area contributed by atoms with Crippen LogP contribution in [0.2, 0.25) is 0 Å². The summed E-state index contributed by atoms with van der Waals surface area (Å²) in [6.45, 7) is 0. The molecule has 0 amide bonds. The van der Waals surface area contributed by atoms with Crippen molar-refractivity contribution in [2.24, 2.45) is 10.8 Å². The van der Waals surface area contributed by atoms with Crippen molar-refractivity contribution in [2.75, 3.05) is 5.32 Å². The summed E-state index contributed by atoms with van der Waals surface area (Å²) in [6.07, 6.45) is 4.83. The normalized spacial score (nSPS) is 16.9. The molecule has 0 spiro atoms. The Morgan fingerprint density at radius 2 is 2.11 bits per heavy atom. The van der Waals surface area contributed by atoms with Gasteiger partial charge in [-0.25, -0.2) is 10.8 Å². The highest BCUT2D eigenvalue weighted by Gasteiger charge is 2.14. The highest BCUT2D eigenvalue weighted by Crippen LogP contribution is 2.25. The molecule has 1 aliphatic carbocycles. The van der Waals surface area contributed by atoms with Crippen LogP contribution in [0.15, 0.2) is 27.7 Å². The number of nitrogens with one attached hydrogen (secondary N) is 2. The fourth-order valence-electron chi connectivity index (χ4n) is 2.04. The van der Waals surface area contributed by atoms with Gasteiger partial charge in [-0.15, -0.1) is 0 Å². The number of guanidine groups is 1. The quantitative estimate of drug-likeness (QED) is 0.225. The van der Waals surface area contributed by atoms with Crippen molar-refractivity contribution < 1.29 is 0 Å². The molecule has 18 heavy (non-hydrogen) atoms. The Hall–Kier alpha value is -0.340.